The zero-order valence-electron chi connectivity index (χ0n) is 29.6. The molecule has 3 heteroatoms. The van der Waals surface area contributed by atoms with E-state index >= 15 is 0 Å². The zero-order valence-corrected chi connectivity index (χ0v) is 29.6. The molecule has 7 aromatic carbocycles. The molecule has 53 heavy (non-hydrogen) atoms. The van der Waals surface area contributed by atoms with Gasteiger partial charge in [0.2, 0.25) is 0 Å². The van der Waals surface area contributed by atoms with Crippen molar-refractivity contribution < 1.29 is 0 Å². The second kappa shape index (κ2) is 11.2. The second-order valence-corrected chi connectivity index (χ2v) is 14.9. The first-order valence-electron chi connectivity index (χ1n) is 18.5. The summed E-state index contributed by atoms with van der Waals surface area (Å²) in [6.45, 7) is 4.80. The van der Waals surface area contributed by atoms with Gasteiger partial charge >= 0.3 is 0 Å². The number of fused-ring (bicyclic) bond motifs is 8. The van der Waals surface area contributed by atoms with E-state index in [1.54, 1.807) is 0 Å². The fraction of sp³-hybridized carbons (Fsp3) is 0.0800. The van der Waals surface area contributed by atoms with E-state index in [0.29, 0.717) is 0 Å². The van der Waals surface area contributed by atoms with Crippen LogP contribution in [0.3, 0.4) is 0 Å². The van der Waals surface area contributed by atoms with Gasteiger partial charge in [0.25, 0.3) is 0 Å². The Hall–Kier alpha value is -6.58. The van der Waals surface area contributed by atoms with Gasteiger partial charge in [0.05, 0.1) is 22.4 Å². The zero-order chi connectivity index (χ0) is 35.3. The first-order chi connectivity index (χ1) is 26.0. The lowest BCUT2D eigenvalue weighted by atomic mass is 9.78. The van der Waals surface area contributed by atoms with Crippen molar-refractivity contribution in [1.82, 2.24) is 14.5 Å². The average molecular weight is 678 g/mol. The van der Waals surface area contributed by atoms with Crippen molar-refractivity contribution in [3.8, 4) is 50.7 Å². The quantitative estimate of drug-likeness (QED) is 0.186. The molecule has 0 fully saturated rings. The molecule has 0 N–H and O–H groups in total. The summed E-state index contributed by atoms with van der Waals surface area (Å²) in [7, 11) is 0. The highest BCUT2D eigenvalue weighted by atomic mass is 15.0. The molecular formula is C50H35N3. The molecule has 2 heterocycles. The van der Waals surface area contributed by atoms with Gasteiger partial charge in [-0.1, -0.05) is 141 Å². The number of benzene rings is 7. The van der Waals surface area contributed by atoms with E-state index in [0.717, 1.165) is 46.0 Å². The van der Waals surface area contributed by atoms with E-state index in [1.165, 1.54) is 66.0 Å². The Bertz CT molecular complexity index is 2930. The van der Waals surface area contributed by atoms with E-state index in [2.05, 4.69) is 158 Å². The molecule has 0 bridgehead atoms. The number of nitrogens with zero attached hydrogens (tertiary/aromatic N) is 3. The number of rotatable bonds is 4. The maximum absolute atomic E-state index is 5.17. The molecule has 2 aliphatic rings. The number of aromatic nitrogens is 3. The van der Waals surface area contributed by atoms with E-state index in [1.807, 2.05) is 24.3 Å². The number of allylic oxidation sites excluding steroid dienone is 1. The number of hydrogen-bond donors (Lipinski definition) is 0. The lowest BCUT2D eigenvalue weighted by Gasteiger charge is -2.26. The third-order valence-electron chi connectivity index (χ3n) is 11.5. The van der Waals surface area contributed by atoms with E-state index in [9.17, 15) is 0 Å². The maximum atomic E-state index is 5.17. The lowest BCUT2D eigenvalue weighted by Crippen LogP contribution is -2.16. The normalized spacial score (nSPS) is 13.8. The molecule has 2 aliphatic carbocycles. The van der Waals surface area contributed by atoms with Gasteiger partial charge in [-0.05, 0) is 81.4 Å². The standard InChI is InChI=1S/C50H35N3/c1-50(2)42-25-11-9-22-36(42)39-28-34-20-14-24-38-46(34)41(47(39)50)29-40-37-23-10-12-26-45(37)53(48(38)40)35-21-13-19-33(27-35)44-30-43(31-15-5-3-6-16-31)51-49(52-44)32-17-7-4-8-18-32/h3-19,21-30H,20H2,1-2H3. The summed E-state index contributed by atoms with van der Waals surface area (Å²) in [5.41, 5.74) is 16.7. The molecule has 250 valence electrons. The van der Waals surface area contributed by atoms with E-state index in [4.69, 9.17) is 9.97 Å². The predicted molar refractivity (Wildman–Crippen MR) is 220 cm³/mol. The van der Waals surface area contributed by atoms with Crippen LogP contribution in [0, 0.1) is 0 Å². The minimum absolute atomic E-state index is 0.0992. The predicted octanol–water partition coefficient (Wildman–Crippen LogP) is 12.6. The number of hydrogen-bond acceptors (Lipinski definition) is 2. The van der Waals surface area contributed by atoms with Gasteiger partial charge in [-0.25, -0.2) is 9.97 Å². The fourth-order valence-electron chi connectivity index (χ4n) is 9.21. The third-order valence-corrected chi connectivity index (χ3v) is 11.5. The molecule has 9 aromatic rings. The van der Waals surface area contributed by atoms with Crippen molar-refractivity contribution >= 4 is 38.7 Å². The summed E-state index contributed by atoms with van der Waals surface area (Å²) in [4.78, 5) is 10.2. The van der Waals surface area contributed by atoms with Gasteiger partial charge in [-0.2, -0.15) is 0 Å². The summed E-state index contributed by atoms with van der Waals surface area (Å²) < 4.78 is 2.48. The molecule has 0 atom stereocenters. The summed E-state index contributed by atoms with van der Waals surface area (Å²) in [6, 6.07) is 54.5. The Balaban J connectivity index is 1.17. The summed E-state index contributed by atoms with van der Waals surface area (Å²) in [5, 5.41) is 5.31. The molecule has 0 unspecified atom stereocenters. The SMILES string of the molecule is CC1(C)c2ccccc2-c2cc3c4c(c5c(cc4c21)c1ccccc1n5-c1cccc(-c2cc(-c4ccccc4)nc(-c4ccccc4)n2)c1)C=CC3. The Morgan fingerprint density at radius 1 is 0.566 bits per heavy atom. The van der Waals surface area contributed by atoms with Crippen molar-refractivity contribution in [2.24, 2.45) is 0 Å². The van der Waals surface area contributed by atoms with Gasteiger partial charge in [0, 0.05) is 44.1 Å². The molecule has 0 aliphatic heterocycles. The van der Waals surface area contributed by atoms with Crippen molar-refractivity contribution in [3.63, 3.8) is 0 Å². The first kappa shape index (κ1) is 30.1. The van der Waals surface area contributed by atoms with Gasteiger partial charge < -0.3 is 4.57 Å². The molecule has 11 rings (SSSR count). The molecule has 0 amide bonds. The fourth-order valence-corrected chi connectivity index (χ4v) is 9.21. The smallest absolute Gasteiger partial charge is 0.160 e. The highest BCUT2D eigenvalue weighted by Gasteiger charge is 2.38. The van der Waals surface area contributed by atoms with E-state index < -0.39 is 0 Å². The topological polar surface area (TPSA) is 30.7 Å². The Labute approximate surface area is 308 Å². The van der Waals surface area contributed by atoms with Crippen LogP contribution >= 0.6 is 0 Å². The van der Waals surface area contributed by atoms with Crippen LogP contribution < -0.4 is 0 Å². The molecule has 2 aromatic heterocycles. The second-order valence-electron chi connectivity index (χ2n) is 14.9. The van der Waals surface area contributed by atoms with Gasteiger partial charge in [0.15, 0.2) is 5.82 Å². The van der Waals surface area contributed by atoms with Crippen LogP contribution in [0.2, 0.25) is 0 Å². The molecular weight excluding hydrogens is 643 g/mol. The van der Waals surface area contributed by atoms with Crippen LogP contribution in [0.4, 0.5) is 0 Å². The Kier molecular flexibility index (Phi) is 6.36. The van der Waals surface area contributed by atoms with Crippen LogP contribution in [0.5, 0.6) is 0 Å². The highest BCUT2D eigenvalue weighted by molar-refractivity contribution is 6.20. The molecule has 0 spiro atoms. The summed E-state index contributed by atoms with van der Waals surface area (Å²) in [6.07, 6.45) is 5.66. The Morgan fingerprint density at radius 3 is 2.09 bits per heavy atom. The monoisotopic (exact) mass is 677 g/mol. The van der Waals surface area contributed by atoms with E-state index in [-0.39, 0.29) is 5.41 Å². The van der Waals surface area contributed by atoms with Crippen LogP contribution in [0.1, 0.15) is 36.1 Å². The Morgan fingerprint density at radius 2 is 1.26 bits per heavy atom. The van der Waals surface area contributed by atoms with Crippen molar-refractivity contribution in [1.29, 1.82) is 0 Å². The molecule has 0 saturated heterocycles. The van der Waals surface area contributed by atoms with Crippen LogP contribution in [-0.2, 0) is 11.8 Å². The molecule has 0 radical (unpaired) electrons. The number of para-hydroxylation sites is 1. The van der Waals surface area contributed by atoms with Crippen LogP contribution in [0.25, 0.3) is 89.4 Å². The van der Waals surface area contributed by atoms with Gasteiger partial charge in [-0.15, -0.1) is 0 Å². The lowest BCUT2D eigenvalue weighted by molar-refractivity contribution is 0.666. The van der Waals surface area contributed by atoms with Gasteiger partial charge in [0.1, 0.15) is 0 Å². The van der Waals surface area contributed by atoms with Crippen molar-refractivity contribution in [2.75, 3.05) is 0 Å². The van der Waals surface area contributed by atoms with Crippen LogP contribution in [-0.4, -0.2) is 14.5 Å². The summed E-state index contributed by atoms with van der Waals surface area (Å²) in [5.74, 6) is 0.718. The first-order valence-corrected chi connectivity index (χ1v) is 18.5. The minimum Gasteiger partial charge on any atom is -0.309 e. The third kappa shape index (κ3) is 4.41. The maximum Gasteiger partial charge on any atom is 0.160 e. The van der Waals surface area contributed by atoms with Crippen molar-refractivity contribution in [2.45, 2.75) is 25.7 Å². The van der Waals surface area contributed by atoms with Crippen molar-refractivity contribution in [3.05, 3.63) is 180 Å². The van der Waals surface area contributed by atoms with Crippen LogP contribution in [0.15, 0.2) is 158 Å². The molecule has 0 saturated carbocycles. The largest absolute Gasteiger partial charge is 0.309 e. The average Bonchev–Trinajstić information content (AvgIpc) is 3.67. The minimum atomic E-state index is -0.0992. The van der Waals surface area contributed by atoms with Gasteiger partial charge in [-0.3, -0.25) is 0 Å². The molecule has 3 nitrogen and oxygen atoms in total. The highest BCUT2D eigenvalue weighted by Crippen LogP contribution is 2.54. The summed E-state index contributed by atoms with van der Waals surface area (Å²) >= 11 is 0.